The maximum atomic E-state index is 12.8. The van der Waals surface area contributed by atoms with Gasteiger partial charge in [-0.2, -0.15) is 0 Å². The quantitative estimate of drug-likeness (QED) is 0.848. The number of aromatic nitrogens is 4. The Morgan fingerprint density at radius 2 is 1.88 bits per heavy atom. The Bertz CT molecular complexity index is 765. The molecule has 2 aliphatic rings. The normalized spacial score (nSPS) is 21.3. The van der Waals surface area contributed by atoms with E-state index in [4.69, 9.17) is 0 Å². The molecule has 4 rings (SSSR count). The second-order valence-electron chi connectivity index (χ2n) is 7.69. The van der Waals surface area contributed by atoms with Gasteiger partial charge in [-0.3, -0.25) is 9.78 Å². The number of nitrogens with zero attached hydrogens (tertiary/aromatic N) is 5. The van der Waals surface area contributed by atoms with Gasteiger partial charge < -0.3 is 9.47 Å². The molecule has 1 aliphatic carbocycles. The number of amides is 1. The van der Waals surface area contributed by atoms with Crippen LogP contribution < -0.4 is 0 Å². The van der Waals surface area contributed by atoms with Crippen molar-refractivity contribution >= 4 is 5.91 Å². The molecule has 1 amide bonds. The van der Waals surface area contributed by atoms with Crippen LogP contribution in [0.4, 0.5) is 0 Å². The molecule has 138 valence electrons. The summed E-state index contributed by atoms with van der Waals surface area (Å²) >= 11 is 0. The Morgan fingerprint density at radius 3 is 2.65 bits per heavy atom. The molecule has 2 aromatic rings. The van der Waals surface area contributed by atoms with Crippen molar-refractivity contribution in [3.05, 3.63) is 30.5 Å². The number of imidazole rings is 1. The number of carbonyl (C=O) groups is 1. The number of piperidine rings is 1. The van der Waals surface area contributed by atoms with Gasteiger partial charge in [-0.1, -0.05) is 12.8 Å². The predicted molar refractivity (Wildman–Crippen MR) is 99.2 cm³/mol. The first-order chi connectivity index (χ1) is 12.7. The summed E-state index contributed by atoms with van der Waals surface area (Å²) in [6.07, 6.45) is 14.8. The highest BCUT2D eigenvalue weighted by Gasteiger charge is 2.31. The van der Waals surface area contributed by atoms with Crippen LogP contribution in [0.3, 0.4) is 0 Å². The zero-order valence-corrected chi connectivity index (χ0v) is 15.5. The van der Waals surface area contributed by atoms with E-state index in [-0.39, 0.29) is 5.92 Å². The minimum Gasteiger partial charge on any atom is -0.342 e. The third-order valence-electron chi connectivity index (χ3n) is 5.82. The lowest BCUT2D eigenvalue weighted by atomic mass is 9.91. The molecule has 26 heavy (non-hydrogen) atoms. The van der Waals surface area contributed by atoms with Crippen molar-refractivity contribution in [2.45, 2.75) is 44.9 Å². The van der Waals surface area contributed by atoms with Gasteiger partial charge in [-0.05, 0) is 38.0 Å². The van der Waals surface area contributed by atoms with Crippen molar-refractivity contribution in [1.29, 1.82) is 0 Å². The lowest BCUT2D eigenvalue weighted by molar-refractivity contribution is -0.137. The van der Waals surface area contributed by atoms with Crippen LogP contribution in [0.2, 0.25) is 0 Å². The van der Waals surface area contributed by atoms with E-state index in [2.05, 4.69) is 19.9 Å². The molecule has 1 aliphatic heterocycles. The maximum absolute atomic E-state index is 12.8. The second-order valence-corrected chi connectivity index (χ2v) is 7.69. The molecule has 0 N–H and O–H groups in total. The van der Waals surface area contributed by atoms with Crippen molar-refractivity contribution in [2.24, 2.45) is 18.9 Å². The van der Waals surface area contributed by atoms with Crippen LogP contribution in [-0.4, -0.2) is 43.4 Å². The van der Waals surface area contributed by atoms with Crippen LogP contribution in [-0.2, 0) is 18.3 Å². The van der Waals surface area contributed by atoms with E-state index in [0.29, 0.717) is 11.8 Å². The van der Waals surface area contributed by atoms with Crippen LogP contribution in [0, 0.1) is 11.8 Å². The van der Waals surface area contributed by atoms with E-state index in [9.17, 15) is 4.79 Å². The molecule has 1 unspecified atom stereocenters. The van der Waals surface area contributed by atoms with E-state index in [0.717, 1.165) is 62.4 Å². The smallest absolute Gasteiger partial charge is 0.225 e. The van der Waals surface area contributed by atoms with Crippen LogP contribution in [0.5, 0.6) is 0 Å². The van der Waals surface area contributed by atoms with E-state index in [1.54, 1.807) is 18.6 Å². The van der Waals surface area contributed by atoms with E-state index in [1.165, 1.54) is 12.8 Å². The molecule has 6 heteroatoms. The molecule has 1 saturated carbocycles. The standard InChI is InChI=1S/C20H27N5O/c1-24-12-10-23-19(24)18-17(21-8-9-22-18)13-15-5-4-11-25(14-15)20(26)16-6-2-3-7-16/h8-10,12,15-16H,2-7,11,13-14H2,1H3. The SMILES string of the molecule is Cn1ccnc1-c1nccnc1CC1CCCN(C(=O)C2CCCC2)C1. The van der Waals surface area contributed by atoms with E-state index >= 15 is 0 Å². The van der Waals surface area contributed by atoms with Crippen LogP contribution in [0.25, 0.3) is 11.5 Å². The molecule has 0 radical (unpaired) electrons. The lowest BCUT2D eigenvalue weighted by Crippen LogP contribution is -2.43. The summed E-state index contributed by atoms with van der Waals surface area (Å²) in [6.45, 7) is 1.77. The van der Waals surface area contributed by atoms with Gasteiger partial charge in [0.2, 0.25) is 5.91 Å². The average Bonchev–Trinajstić information content (AvgIpc) is 3.34. The molecule has 2 aromatic heterocycles. The fourth-order valence-electron chi connectivity index (χ4n) is 4.43. The Labute approximate surface area is 154 Å². The van der Waals surface area contributed by atoms with Crippen molar-refractivity contribution in [3.8, 4) is 11.5 Å². The fourth-order valence-corrected chi connectivity index (χ4v) is 4.43. The summed E-state index contributed by atoms with van der Waals surface area (Å²) in [4.78, 5) is 28.5. The van der Waals surface area contributed by atoms with E-state index in [1.807, 2.05) is 17.8 Å². The van der Waals surface area contributed by atoms with Crippen LogP contribution in [0.1, 0.15) is 44.2 Å². The predicted octanol–water partition coefficient (Wildman–Crippen LogP) is 2.85. The van der Waals surface area contributed by atoms with Crippen molar-refractivity contribution in [2.75, 3.05) is 13.1 Å². The number of carbonyl (C=O) groups excluding carboxylic acids is 1. The number of hydrogen-bond donors (Lipinski definition) is 0. The van der Waals surface area contributed by atoms with Crippen molar-refractivity contribution in [1.82, 2.24) is 24.4 Å². The fraction of sp³-hybridized carbons (Fsp3) is 0.600. The summed E-state index contributed by atoms with van der Waals surface area (Å²) in [5, 5.41) is 0. The highest BCUT2D eigenvalue weighted by atomic mass is 16.2. The minimum atomic E-state index is 0.272. The third-order valence-corrected chi connectivity index (χ3v) is 5.82. The monoisotopic (exact) mass is 353 g/mol. The zero-order chi connectivity index (χ0) is 17.9. The maximum Gasteiger partial charge on any atom is 0.225 e. The van der Waals surface area contributed by atoms with Gasteiger partial charge in [0.05, 0.1) is 5.69 Å². The molecule has 1 saturated heterocycles. The Morgan fingerprint density at radius 1 is 1.08 bits per heavy atom. The van der Waals surface area contributed by atoms with Crippen LogP contribution >= 0.6 is 0 Å². The molecule has 1 atom stereocenters. The Kier molecular flexibility index (Phi) is 5.00. The molecule has 0 aromatic carbocycles. The van der Waals surface area contributed by atoms with Crippen molar-refractivity contribution in [3.63, 3.8) is 0 Å². The lowest BCUT2D eigenvalue weighted by Gasteiger charge is -2.34. The Balaban J connectivity index is 1.47. The zero-order valence-electron chi connectivity index (χ0n) is 15.5. The number of rotatable bonds is 4. The van der Waals surface area contributed by atoms with Gasteiger partial charge in [0.1, 0.15) is 5.69 Å². The average molecular weight is 353 g/mol. The summed E-state index contributed by atoms with van der Waals surface area (Å²) in [5.74, 6) is 1.96. The minimum absolute atomic E-state index is 0.272. The molecular formula is C20H27N5O. The second kappa shape index (κ2) is 7.56. The Hall–Kier alpha value is -2.24. The van der Waals surface area contributed by atoms with Gasteiger partial charge in [-0.25, -0.2) is 9.97 Å². The first kappa shape index (κ1) is 17.2. The number of aryl methyl sites for hydroxylation is 1. The largest absolute Gasteiger partial charge is 0.342 e. The first-order valence-electron chi connectivity index (χ1n) is 9.78. The van der Waals surface area contributed by atoms with Crippen LogP contribution in [0.15, 0.2) is 24.8 Å². The summed E-state index contributed by atoms with van der Waals surface area (Å²) in [7, 11) is 1.98. The summed E-state index contributed by atoms with van der Waals surface area (Å²) in [6, 6.07) is 0. The highest BCUT2D eigenvalue weighted by Crippen LogP contribution is 2.30. The third kappa shape index (κ3) is 3.50. The molecule has 2 fully saturated rings. The van der Waals surface area contributed by atoms with Gasteiger partial charge >= 0.3 is 0 Å². The summed E-state index contributed by atoms with van der Waals surface area (Å²) < 4.78 is 1.98. The topological polar surface area (TPSA) is 63.9 Å². The number of likely N-dealkylation sites (tertiary alicyclic amines) is 1. The van der Waals surface area contributed by atoms with E-state index < -0.39 is 0 Å². The highest BCUT2D eigenvalue weighted by molar-refractivity contribution is 5.79. The molecule has 6 nitrogen and oxygen atoms in total. The molecule has 0 spiro atoms. The van der Waals surface area contributed by atoms with Gasteiger partial charge in [-0.15, -0.1) is 0 Å². The molecular weight excluding hydrogens is 326 g/mol. The van der Waals surface area contributed by atoms with Crippen molar-refractivity contribution < 1.29 is 4.79 Å². The first-order valence-corrected chi connectivity index (χ1v) is 9.78. The van der Waals surface area contributed by atoms with Gasteiger partial charge in [0.25, 0.3) is 0 Å². The summed E-state index contributed by atoms with van der Waals surface area (Å²) in [5.41, 5.74) is 1.85. The molecule has 0 bridgehead atoms. The molecule has 3 heterocycles. The van der Waals surface area contributed by atoms with Gasteiger partial charge in [0.15, 0.2) is 5.82 Å². The van der Waals surface area contributed by atoms with Gasteiger partial charge in [0, 0.05) is 50.8 Å². The number of hydrogen-bond acceptors (Lipinski definition) is 4.